The van der Waals surface area contributed by atoms with Crippen LogP contribution in [0, 0.1) is 0 Å². The van der Waals surface area contributed by atoms with Crippen molar-refractivity contribution in [3.8, 4) is 17.0 Å². The second-order valence-electron chi connectivity index (χ2n) is 3.47. The van der Waals surface area contributed by atoms with Gasteiger partial charge in [-0.25, -0.2) is 4.98 Å². The number of aromatic nitrogens is 2. The summed E-state index contributed by atoms with van der Waals surface area (Å²) in [4.78, 5) is 8.02. The molecule has 0 saturated heterocycles. The highest BCUT2D eigenvalue weighted by Crippen LogP contribution is 2.18. The van der Waals surface area contributed by atoms with E-state index in [4.69, 9.17) is 14.8 Å². The summed E-state index contributed by atoms with van der Waals surface area (Å²) in [7, 11) is 0.0282. The first-order chi connectivity index (χ1) is 8.20. The van der Waals surface area contributed by atoms with Crippen molar-refractivity contribution in [1.82, 2.24) is 9.97 Å². The Hall–Kier alpha value is -1.92. The third-order valence-electron chi connectivity index (χ3n) is 2.34. The van der Waals surface area contributed by atoms with Crippen LogP contribution < -0.4 is 10.2 Å². The van der Waals surface area contributed by atoms with Gasteiger partial charge in [-0.2, -0.15) is 0 Å². The highest BCUT2D eigenvalue weighted by molar-refractivity contribution is 6.58. The number of hydrogen-bond acceptors (Lipinski definition) is 5. The van der Waals surface area contributed by atoms with Crippen LogP contribution in [0.1, 0.15) is 0 Å². The third kappa shape index (κ3) is 2.61. The van der Waals surface area contributed by atoms with E-state index in [1.807, 2.05) is 6.07 Å². The van der Waals surface area contributed by atoms with Gasteiger partial charge >= 0.3 is 7.12 Å². The topological polar surface area (TPSA) is 75.5 Å². The Morgan fingerprint density at radius 3 is 2.53 bits per heavy atom. The van der Waals surface area contributed by atoms with Gasteiger partial charge in [-0.05, 0) is 6.07 Å². The largest absolute Gasteiger partial charge is 0.490 e. The van der Waals surface area contributed by atoms with Gasteiger partial charge in [0.25, 0.3) is 0 Å². The van der Waals surface area contributed by atoms with Gasteiger partial charge in [0.2, 0.25) is 5.88 Å². The Labute approximate surface area is 98.9 Å². The molecule has 0 spiro atoms. The molecule has 2 aromatic rings. The summed E-state index contributed by atoms with van der Waals surface area (Å²) >= 11 is 0. The smallest absolute Gasteiger partial charge is 0.481 e. The van der Waals surface area contributed by atoms with Crippen LogP contribution in [0.25, 0.3) is 11.1 Å². The number of hydrogen-bond donors (Lipinski definition) is 2. The number of pyridine rings is 2. The lowest BCUT2D eigenvalue weighted by Gasteiger charge is -2.04. The number of methoxy groups -OCH3 is 1. The second kappa shape index (κ2) is 4.94. The zero-order chi connectivity index (χ0) is 12.3. The molecule has 17 heavy (non-hydrogen) atoms. The van der Waals surface area contributed by atoms with E-state index in [1.54, 1.807) is 31.6 Å². The minimum Gasteiger partial charge on any atom is -0.481 e. The minimum absolute atomic E-state index is 0.346. The van der Waals surface area contributed by atoms with Gasteiger partial charge in [0.15, 0.2) is 0 Å². The van der Waals surface area contributed by atoms with E-state index in [2.05, 4.69) is 9.97 Å². The molecule has 0 aliphatic carbocycles. The molecule has 2 heterocycles. The first-order valence-electron chi connectivity index (χ1n) is 5.02. The fourth-order valence-electron chi connectivity index (χ4n) is 1.43. The Balaban J connectivity index is 2.35. The van der Waals surface area contributed by atoms with Crippen LogP contribution in [0.2, 0.25) is 0 Å². The minimum atomic E-state index is -1.52. The molecule has 0 unspecified atom stereocenters. The SMILES string of the molecule is COc1ccc(-c2cncc(B(O)O)c2)cn1. The van der Waals surface area contributed by atoms with Gasteiger partial charge in [0, 0.05) is 41.2 Å². The molecule has 0 radical (unpaired) electrons. The summed E-state index contributed by atoms with van der Waals surface area (Å²) in [6.07, 6.45) is 4.68. The Bertz CT molecular complexity index is 502. The Morgan fingerprint density at radius 1 is 1.12 bits per heavy atom. The predicted molar refractivity (Wildman–Crippen MR) is 63.8 cm³/mol. The summed E-state index contributed by atoms with van der Waals surface area (Å²) in [6, 6.07) is 5.22. The molecular formula is C11H11BN2O3. The summed E-state index contributed by atoms with van der Waals surface area (Å²) < 4.78 is 4.96. The van der Waals surface area contributed by atoms with Gasteiger partial charge in [-0.15, -0.1) is 0 Å². The molecule has 0 saturated carbocycles. The maximum absolute atomic E-state index is 9.06. The zero-order valence-electron chi connectivity index (χ0n) is 9.24. The fourth-order valence-corrected chi connectivity index (χ4v) is 1.43. The lowest BCUT2D eigenvalue weighted by Crippen LogP contribution is -2.30. The van der Waals surface area contributed by atoms with Crippen molar-refractivity contribution in [3.05, 3.63) is 36.8 Å². The van der Waals surface area contributed by atoms with Crippen LogP contribution in [0.3, 0.4) is 0 Å². The molecule has 0 aliphatic heterocycles. The molecule has 0 fully saturated rings. The molecule has 86 valence electrons. The molecule has 0 amide bonds. The van der Waals surface area contributed by atoms with Crippen LogP contribution in [-0.4, -0.2) is 34.2 Å². The third-order valence-corrected chi connectivity index (χ3v) is 2.34. The molecule has 2 aromatic heterocycles. The summed E-state index contributed by atoms with van der Waals surface area (Å²) in [5.41, 5.74) is 1.95. The van der Waals surface area contributed by atoms with Gasteiger partial charge in [0.1, 0.15) is 0 Å². The average Bonchev–Trinajstić information content (AvgIpc) is 2.39. The average molecular weight is 230 g/mol. The highest BCUT2D eigenvalue weighted by atomic mass is 16.5. The van der Waals surface area contributed by atoms with Crippen molar-refractivity contribution >= 4 is 12.6 Å². The molecule has 0 atom stereocenters. The van der Waals surface area contributed by atoms with Crippen LogP contribution in [0.5, 0.6) is 5.88 Å². The highest BCUT2D eigenvalue weighted by Gasteiger charge is 2.12. The summed E-state index contributed by atoms with van der Waals surface area (Å²) in [6.45, 7) is 0. The van der Waals surface area contributed by atoms with Gasteiger partial charge in [-0.1, -0.05) is 6.07 Å². The van der Waals surface area contributed by atoms with Crippen molar-refractivity contribution < 1.29 is 14.8 Å². The van der Waals surface area contributed by atoms with Gasteiger partial charge < -0.3 is 14.8 Å². The van der Waals surface area contributed by atoms with Crippen molar-refractivity contribution in [3.63, 3.8) is 0 Å². The van der Waals surface area contributed by atoms with Gasteiger partial charge in [-0.3, -0.25) is 4.98 Å². The predicted octanol–water partition coefficient (Wildman–Crippen LogP) is -0.168. The lowest BCUT2D eigenvalue weighted by atomic mass is 9.81. The van der Waals surface area contributed by atoms with Crippen molar-refractivity contribution in [2.75, 3.05) is 7.11 Å². The van der Waals surface area contributed by atoms with E-state index in [-0.39, 0.29) is 0 Å². The standard InChI is InChI=1S/C11H11BN2O3/c1-17-11-3-2-8(6-14-11)9-4-10(12(15)16)7-13-5-9/h2-7,15-16H,1H3. The maximum Gasteiger partial charge on any atom is 0.490 e. The molecular weight excluding hydrogens is 219 g/mol. The van der Waals surface area contributed by atoms with E-state index >= 15 is 0 Å². The first-order valence-corrected chi connectivity index (χ1v) is 5.02. The second-order valence-corrected chi connectivity index (χ2v) is 3.47. The van der Waals surface area contributed by atoms with Crippen molar-refractivity contribution in [2.45, 2.75) is 0 Å². The van der Waals surface area contributed by atoms with Gasteiger partial charge in [0.05, 0.1) is 7.11 Å². The van der Waals surface area contributed by atoms with E-state index in [1.165, 1.54) is 6.20 Å². The lowest BCUT2D eigenvalue weighted by molar-refractivity contribution is 0.398. The van der Waals surface area contributed by atoms with Crippen LogP contribution in [-0.2, 0) is 0 Å². The molecule has 0 aromatic carbocycles. The monoisotopic (exact) mass is 230 g/mol. The molecule has 2 rings (SSSR count). The number of nitrogens with zero attached hydrogens (tertiary/aromatic N) is 2. The molecule has 2 N–H and O–H groups in total. The van der Waals surface area contributed by atoms with E-state index in [0.29, 0.717) is 11.3 Å². The zero-order valence-corrected chi connectivity index (χ0v) is 9.24. The number of ether oxygens (including phenoxy) is 1. The van der Waals surface area contributed by atoms with E-state index in [0.717, 1.165) is 11.1 Å². The molecule has 0 aliphatic rings. The van der Waals surface area contributed by atoms with Crippen LogP contribution in [0.15, 0.2) is 36.8 Å². The quantitative estimate of drug-likeness (QED) is 0.716. The number of rotatable bonds is 3. The Kier molecular flexibility index (Phi) is 3.36. The molecule has 0 bridgehead atoms. The normalized spacial score (nSPS) is 10.1. The Morgan fingerprint density at radius 2 is 1.94 bits per heavy atom. The van der Waals surface area contributed by atoms with Crippen LogP contribution >= 0.6 is 0 Å². The molecule has 6 heteroatoms. The summed E-state index contributed by atoms with van der Waals surface area (Å²) in [5, 5.41) is 18.1. The molecule has 5 nitrogen and oxygen atoms in total. The van der Waals surface area contributed by atoms with Crippen molar-refractivity contribution in [1.29, 1.82) is 0 Å². The first kappa shape index (κ1) is 11.6. The summed E-state index contributed by atoms with van der Waals surface area (Å²) in [5.74, 6) is 0.528. The maximum atomic E-state index is 9.06. The van der Waals surface area contributed by atoms with E-state index in [9.17, 15) is 0 Å². The van der Waals surface area contributed by atoms with E-state index < -0.39 is 7.12 Å². The fraction of sp³-hybridized carbons (Fsp3) is 0.0909. The van der Waals surface area contributed by atoms with Crippen LogP contribution in [0.4, 0.5) is 0 Å². The van der Waals surface area contributed by atoms with Crippen molar-refractivity contribution in [2.24, 2.45) is 0 Å².